The van der Waals surface area contributed by atoms with E-state index in [4.69, 9.17) is 31.6 Å². The Morgan fingerprint density at radius 3 is 2.82 bits per heavy atom. The van der Waals surface area contributed by atoms with Gasteiger partial charge in [-0.05, 0) is 12.5 Å². The van der Waals surface area contributed by atoms with Gasteiger partial charge in [0.25, 0.3) is 0 Å². The van der Waals surface area contributed by atoms with Crippen LogP contribution in [0, 0.1) is 0 Å². The molecule has 0 amide bonds. The van der Waals surface area contributed by atoms with Crippen molar-refractivity contribution >= 4 is 29.6 Å². The topological polar surface area (TPSA) is 21.8 Å². The highest BCUT2D eigenvalue weighted by molar-refractivity contribution is 7.33. The summed E-state index contributed by atoms with van der Waals surface area (Å²) in [6, 6.07) is 0.939. The quantitative estimate of drug-likeness (QED) is 0.290. The maximum absolute atomic E-state index is 5.66. The van der Waals surface area contributed by atoms with Crippen LogP contribution in [-0.2, 0) is 9.47 Å². The summed E-state index contributed by atoms with van der Waals surface area (Å²) in [5.74, 6) is 0. The van der Waals surface area contributed by atoms with E-state index in [9.17, 15) is 0 Å². The lowest BCUT2D eigenvalue weighted by Gasteiger charge is -2.00. The average molecular weight is 215 g/mol. The van der Waals surface area contributed by atoms with E-state index < -0.39 is 7.42 Å². The highest BCUT2D eigenvalue weighted by atomic mass is 35.7. The van der Waals surface area contributed by atoms with E-state index in [1.807, 2.05) is 0 Å². The van der Waals surface area contributed by atoms with Crippen molar-refractivity contribution in [2.24, 2.45) is 0 Å². The molecule has 1 aliphatic rings. The fourth-order valence-electron chi connectivity index (χ4n) is 0.719. The Morgan fingerprint density at radius 2 is 2.27 bits per heavy atom. The minimum Gasteiger partial charge on any atom is -0.379 e. The third-order valence-electron chi connectivity index (χ3n) is 1.42. The van der Waals surface area contributed by atoms with Crippen LogP contribution in [0.2, 0.25) is 6.04 Å². The number of hydrogen-bond acceptors (Lipinski definition) is 2. The molecule has 2 nitrogen and oxygen atoms in total. The smallest absolute Gasteiger partial charge is 0.237 e. The molecule has 1 fully saturated rings. The van der Waals surface area contributed by atoms with Crippen LogP contribution in [0.25, 0.3) is 0 Å². The van der Waals surface area contributed by atoms with E-state index in [0.717, 1.165) is 32.3 Å². The van der Waals surface area contributed by atoms with Crippen molar-refractivity contribution in [3.05, 3.63) is 0 Å². The standard InChI is InChI=1S/C6H12Cl2O2Si/c7-11(8)3-1-2-9-4-6-5-10-6/h6,11H,1-5H2. The maximum Gasteiger partial charge on any atom is 0.237 e. The molecule has 0 aromatic carbocycles. The lowest BCUT2D eigenvalue weighted by Crippen LogP contribution is -2.04. The minimum atomic E-state index is -1.39. The van der Waals surface area contributed by atoms with Gasteiger partial charge in [-0.15, -0.1) is 0 Å². The van der Waals surface area contributed by atoms with Gasteiger partial charge in [0, 0.05) is 6.61 Å². The Hall–Kier alpha value is 0.717. The molecule has 1 unspecified atom stereocenters. The SMILES string of the molecule is Cl[SiH](Cl)CCCOCC1CO1. The van der Waals surface area contributed by atoms with E-state index >= 15 is 0 Å². The van der Waals surface area contributed by atoms with E-state index in [1.54, 1.807) is 0 Å². The van der Waals surface area contributed by atoms with E-state index in [1.165, 1.54) is 0 Å². The average Bonchev–Trinajstić information content (AvgIpc) is 2.70. The molecule has 0 spiro atoms. The third-order valence-corrected chi connectivity index (χ3v) is 3.57. The zero-order valence-electron chi connectivity index (χ0n) is 6.26. The van der Waals surface area contributed by atoms with Crippen molar-refractivity contribution in [3.8, 4) is 0 Å². The van der Waals surface area contributed by atoms with Crippen molar-refractivity contribution in [2.75, 3.05) is 19.8 Å². The summed E-state index contributed by atoms with van der Waals surface area (Å²) >= 11 is 11.3. The van der Waals surface area contributed by atoms with Gasteiger partial charge < -0.3 is 9.47 Å². The van der Waals surface area contributed by atoms with Gasteiger partial charge >= 0.3 is 0 Å². The highest BCUT2D eigenvalue weighted by Crippen LogP contribution is 2.10. The maximum atomic E-state index is 5.66. The minimum absolute atomic E-state index is 0.370. The summed E-state index contributed by atoms with van der Waals surface area (Å²) in [7, 11) is -1.39. The van der Waals surface area contributed by atoms with Crippen molar-refractivity contribution < 1.29 is 9.47 Å². The lowest BCUT2D eigenvalue weighted by molar-refractivity contribution is 0.117. The molecule has 66 valence electrons. The summed E-state index contributed by atoms with van der Waals surface area (Å²) in [6.45, 7) is 2.36. The predicted molar refractivity (Wildman–Crippen MR) is 48.8 cm³/mol. The molecule has 11 heavy (non-hydrogen) atoms. The van der Waals surface area contributed by atoms with Crippen molar-refractivity contribution in [3.63, 3.8) is 0 Å². The summed E-state index contributed by atoms with van der Waals surface area (Å²) in [4.78, 5) is 0. The second kappa shape index (κ2) is 5.38. The van der Waals surface area contributed by atoms with Gasteiger partial charge in [-0.2, -0.15) is 22.2 Å². The number of epoxide rings is 1. The summed E-state index contributed by atoms with van der Waals surface area (Å²) in [5.41, 5.74) is 0. The zero-order valence-corrected chi connectivity index (χ0v) is 8.93. The van der Waals surface area contributed by atoms with Crippen LogP contribution in [0.5, 0.6) is 0 Å². The number of ether oxygens (including phenoxy) is 2. The fraction of sp³-hybridized carbons (Fsp3) is 1.00. The fourth-order valence-corrected chi connectivity index (χ4v) is 2.12. The van der Waals surface area contributed by atoms with Gasteiger partial charge in [0.2, 0.25) is 7.42 Å². The molecular formula is C6H12Cl2O2Si. The van der Waals surface area contributed by atoms with Crippen LogP contribution in [0.15, 0.2) is 0 Å². The molecule has 0 aromatic heterocycles. The molecule has 5 heteroatoms. The number of halogens is 2. The largest absolute Gasteiger partial charge is 0.379 e. The molecule has 1 atom stereocenters. The van der Waals surface area contributed by atoms with Crippen LogP contribution >= 0.6 is 22.2 Å². The number of hydrogen-bond donors (Lipinski definition) is 0. The molecule has 1 aliphatic heterocycles. The van der Waals surface area contributed by atoms with Crippen LogP contribution in [0.4, 0.5) is 0 Å². The molecule has 1 rings (SSSR count). The van der Waals surface area contributed by atoms with Gasteiger partial charge in [0.1, 0.15) is 6.10 Å². The first-order chi connectivity index (χ1) is 5.29. The van der Waals surface area contributed by atoms with Crippen LogP contribution in [0.3, 0.4) is 0 Å². The van der Waals surface area contributed by atoms with Gasteiger partial charge in [-0.25, -0.2) is 0 Å². The van der Waals surface area contributed by atoms with Crippen molar-refractivity contribution in [1.82, 2.24) is 0 Å². The van der Waals surface area contributed by atoms with Gasteiger partial charge in [0.15, 0.2) is 0 Å². The Labute approximate surface area is 77.8 Å². The van der Waals surface area contributed by atoms with Crippen LogP contribution in [0.1, 0.15) is 6.42 Å². The van der Waals surface area contributed by atoms with E-state index in [-0.39, 0.29) is 0 Å². The van der Waals surface area contributed by atoms with Crippen LogP contribution < -0.4 is 0 Å². The van der Waals surface area contributed by atoms with Crippen molar-refractivity contribution in [2.45, 2.75) is 18.6 Å². The molecule has 0 bridgehead atoms. The highest BCUT2D eigenvalue weighted by Gasteiger charge is 2.21. The molecule has 1 heterocycles. The molecule has 0 radical (unpaired) electrons. The lowest BCUT2D eigenvalue weighted by atomic mass is 10.5. The molecule has 1 saturated heterocycles. The normalized spacial score (nSPS) is 22.6. The summed E-state index contributed by atoms with van der Waals surface area (Å²) in [6.07, 6.45) is 1.35. The second-order valence-electron chi connectivity index (χ2n) is 2.56. The Kier molecular flexibility index (Phi) is 4.79. The Bertz CT molecular complexity index is 105. The molecular weight excluding hydrogens is 203 g/mol. The first-order valence-corrected chi connectivity index (χ1v) is 8.07. The van der Waals surface area contributed by atoms with Gasteiger partial charge in [-0.3, -0.25) is 0 Å². The van der Waals surface area contributed by atoms with Gasteiger partial charge in [-0.1, -0.05) is 0 Å². The third kappa shape index (κ3) is 5.93. The van der Waals surface area contributed by atoms with E-state index in [0.29, 0.717) is 6.10 Å². The Balaban J connectivity index is 1.73. The van der Waals surface area contributed by atoms with Crippen molar-refractivity contribution in [1.29, 1.82) is 0 Å². The molecule has 0 saturated carbocycles. The van der Waals surface area contributed by atoms with Crippen LogP contribution in [-0.4, -0.2) is 33.3 Å². The summed E-state index contributed by atoms with van der Waals surface area (Å²) in [5, 5.41) is 0. The summed E-state index contributed by atoms with van der Waals surface area (Å²) < 4.78 is 10.3. The Morgan fingerprint density at radius 1 is 1.55 bits per heavy atom. The number of rotatable bonds is 6. The second-order valence-corrected chi connectivity index (χ2v) is 7.75. The monoisotopic (exact) mass is 214 g/mol. The molecule has 0 aliphatic carbocycles. The predicted octanol–water partition coefficient (Wildman–Crippen LogP) is 1.49. The first kappa shape index (κ1) is 9.80. The first-order valence-electron chi connectivity index (χ1n) is 3.76. The molecule has 0 aromatic rings. The van der Waals surface area contributed by atoms with E-state index in [2.05, 4.69) is 0 Å². The zero-order chi connectivity index (χ0) is 8.10. The van der Waals surface area contributed by atoms with Gasteiger partial charge in [0.05, 0.1) is 13.2 Å². The molecule has 0 N–H and O–H groups in total.